The lowest BCUT2D eigenvalue weighted by molar-refractivity contribution is 0.316. The molecule has 0 fully saturated rings. The fraction of sp³-hybridized carbons (Fsp3) is 0.333. The zero-order chi connectivity index (χ0) is 7.56. The zero-order valence-corrected chi connectivity index (χ0v) is 6.64. The summed E-state index contributed by atoms with van der Waals surface area (Å²) >= 11 is 0. The second-order valence-corrected chi connectivity index (χ2v) is 2.44. The van der Waals surface area contributed by atoms with Crippen molar-refractivity contribution in [2.45, 2.75) is 20.8 Å². The van der Waals surface area contributed by atoms with Gasteiger partial charge in [0.2, 0.25) is 0 Å². The third-order valence-corrected chi connectivity index (χ3v) is 1.36. The van der Waals surface area contributed by atoms with Crippen LogP contribution in [0.4, 0.5) is 0 Å². The molecule has 0 saturated carbocycles. The molecule has 1 nitrogen and oxygen atoms in total. The molecular formula is C9H12O. The molecule has 0 aromatic carbocycles. The third-order valence-electron chi connectivity index (χ3n) is 1.36. The molecule has 0 unspecified atom stereocenters. The summed E-state index contributed by atoms with van der Waals surface area (Å²) in [7, 11) is 0. The first-order valence-corrected chi connectivity index (χ1v) is 3.43. The quantitative estimate of drug-likeness (QED) is 0.497. The summed E-state index contributed by atoms with van der Waals surface area (Å²) in [6.07, 6.45) is 6.00. The van der Waals surface area contributed by atoms with Crippen molar-refractivity contribution in [2.75, 3.05) is 0 Å². The SMILES string of the molecule is CC=C1C=C(C)C=C(C)O1. The maximum absolute atomic E-state index is 5.35. The molecule has 1 heteroatoms. The molecule has 0 saturated heterocycles. The molecule has 1 aliphatic rings. The molecule has 0 amide bonds. The second kappa shape index (κ2) is 2.74. The standard InChI is InChI=1S/C9H12O/c1-4-9-6-7(2)5-8(3)10-9/h4-6H,1-3H3. The molecule has 0 aromatic rings. The van der Waals surface area contributed by atoms with Crippen molar-refractivity contribution in [3.63, 3.8) is 0 Å². The van der Waals surface area contributed by atoms with Crippen molar-refractivity contribution in [1.82, 2.24) is 0 Å². The second-order valence-electron chi connectivity index (χ2n) is 2.44. The topological polar surface area (TPSA) is 9.23 Å². The molecular weight excluding hydrogens is 124 g/mol. The van der Waals surface area contributed by atoms with Crippen LogP contribution in [-0.4, -0.2) is 0 Å². The van der Waals surface area contributed by atoms with Gasteiger partial charge in [0.05, 0.1) is 0 Å². The van der Waals surface area contributed by atoms with Gasteiger partial charge in [0.15, 0.2) is 0 Å². The van der Waals surface area contributed by atoms with Crippen LogP contribution in [0.3, 0.4) is 0 Å². The van der Waals surface area contributed by atoms with Gasteiger partial charge in [0.1, 0.15) is 11.5 Å². The molecule has 1 heterocycles. The highest BCUT2D eigenvalue weighted by atomic mass is 16.5. The van der Waals surface area contributed by atoms with Crippen molar-refractivity contribution in [1.29, 1.82) is 0 Å². The Bertz CT molecular complexity index is 219. The predicted octanol–water partition coefficient (Wildman–Crippen LogP) is 2.77. The summed E-state index contributed by atoms with van der Waals surface area (Å²) < 4.78 is 5.35. The van der Waals surface area contributed by atoms with Crippen molar-refractivity contribution in [3.05, 3.63) is 35.3 Å². The van der Waals surface area contributed by atoms with Gasteiger partial charge < -0.3 is 4.74 Å². The molecule has 0 atom stereocenters. The summed E-state index contributed by atoms with van der Waals surface area (Å²) in [6, 6.07) is 0. The van der Waals surface area contributed by atoms with Crippen molar-refractivity contribution in [2.24, 2.45) is 0 Å². The fourth-order valence-electron chi connectivity index (χ4n) is 0.974. The van der Waals surface area contributed by atoms with Gasteiger partial charge in [-0.3, -0.25) is 0 Å². The zero-order valence-electron chi connectivity index (χ0n) is 6.64. The van der Waals surface area contributed by atoms with Crippen LogP contribution in [-0.2, 0) is 4.74 Å². The van der Waals surface area contributed by atoms with Gasteiger partial charge in [-0.05, 0) is 44.6 Å². The number of hydrogen-bond acceptors (Lipinski definition) is 1. The first kappa shape index (κ1) is 7.13. The lowest BCUT2D eigenvalue weighted by atomic mass is 10.2. The molecule has 0 bridgehead atoms. The minimum absolute atomic E-state index is 0.942. The van der Waals surface area contributed by atoms with Crippen LogP contribution >= 0.6 is 0 Å². The average Bonchev–Trinajstić information content (AvgIpc) is 1.85. The Labute approximate surface area is 61.7 Å². The number of rotatable bonds is 0. The maximum Gasteiger partial charge on any atom is 0.122 e. The van der Waals surface area contributed by atoms with E-state index in [1.165, 1.54) is 5.57 Å². The molecule has 54 valence electrons. The summed E-state index contributed by atoms with van der Waals surface area (Å²) in [4.78, 5) is 0. The first-order chi connectivity index (χ1) is 4.72. The highest BCUT2D eigenvalue weighted by Crippen LogP contribution is 2.17. The molecule has 0 aliphatic carbocycles. The molecule has 0 spiro atoms. The van der Waals surface area contributed by atoms with Crippen LogP contribution in [0.1, 0.15) is 20.8 Å². The number of allylic oxidation sites excluding steroid dienone is 5. The van der Waals surface area contributed by atoms with Crippen LogP contribution < -0.4 is 0 Å². The average molecular weight is 136 g/mol. The van der Waals surface area contributed by atoms with E-state index in [0.717, 1.165) is 11.5 Å². The van der Waals surface area contributed by atoms with E-state index in [4.69, 9.17) is 4.74 Å². The van der Waals surface area contributed by atoms with Crippen molar-refractivity contribution < 1.29 is 4.74 Å². The Morgan fingerprint density at radius 1 is 1.30 bits per heavy atom. The van der Waals surface area contributed by atoms with Gasteiger partial charge in [0, 0.05) is 0 Å². The van der Waals surface area contributed by atoms with E-state index in [1.807, 2.05) is 32.1 Å². The highest BCUT2D eigenvalue weighted by Gasteiger charge is 2.01. The van der Waals surface area contributed by atoms with Crippen molar-refractivity contribution in [3.8, 4) is 0 Å². The van der Waals surface area contributed by atoms with Crippen LogP contribution in [0.5, 0.6) is 0 Å². The Morgan fingerprint density at radius 2 is 2.00 bits per heavy atom. The first-order valence-electron chi connectivity index (χ1n) is 3.43. The molecule has 10 heavy (non-hydrogen) atoms. The summed E-state index contributed by atoms with van der Waals surface area (Å²) in [6.45, 7) is 5.99. The summed E-state index contributed by atoms with van der Waals surface area (Å²) in [5.41, 5.74) is 1.25. The number of hydrogen-bond donors (Lipinski definition) is 0. The smallest absolute Gasteiger partial charge is 0.122 e. The molecule has 0 aromatic heterocycles. The molecule has 1 aliphatic heterocycles. The largest absolute Gasteiger partial charge is 0.462 e. The molecule has 0 N–H and O–H groups in total. The molecule has 1 rings (SSSR count). The number of ether oxygens (including phenoxy) is 1. The van der Waals surface area contributed by atoms with E-state index in [-0.39, 0.29) is 0 Å². The minimum Gasteiger partial charge on any atom is -0.462 e. The Morgan fingerprint density at radius 3 is 2.50 bits per heavy atom. The van der Waals surface area contributed by atoms with E-state index >= 15 is 0 Å². The minimum atomic E-state index is 0.942. The summed E-state index contributed by atoms with van der Waals surface area (Å²) in [5, 5.41) is 0. The fourth-order valence-corrected chi connectivity index (χ4v) is 0.974. The lowest BCUT2D eigenvalue weighted by Gasteiger charge is -2.11. The van der Waals surface area contributed by atoms with E-state index in [1.54, 1.807) is 0 Å². The van der Waals surface area contributed by atoms with E-state index in [9.17, 15) is 0 Å². The van der Waals surface area contributed by atoms with Crippen molar-refractivity contribution >= 4 is 0 Å². The van der Waals surface area contributed by atoms with Crippen LogP contribution in [0.25, 0.3) is 0 Å². The Kier molecular flexibility index (Phi) is 1.95. The van der Waals surface area contributed by atoms with Gasteiger partial charge >= 0.3 is 0 Å². The van der Waals surface area contributed by atoms with E-state index in [2.05, 4.69) is 6.92 Å². The molecule has 0 radical (unpaired) electrons. The van der Waals surface area contributed by atoms with Gasteiger partial charge in [-0.1, -0.05) is 0 Å². The van der Waals surface area contributed by atoms with Gasteiger partial charge in [-0.25, -0.2) is 0 Å². The third kappa shape index (κ3) is 1.50. The maximum atomic E-state index is 5.35. The van der Waals surface area contributed by atoms with Crippen LogP contribution in [0.2, 0.25) is 0 Å². The monoisotopic (exact) mass is 136 g/mol. The lowest BCUT2D eigenvalue weighted by Crippen LogP contribution is -1.93. The Balaban J connectivity index is 2.87. The van der Waals surface area contributed by atoms with Gasteiger partial charge in [-0.2, -0.15) is 0 Å². The van der Waals surface area contributed by atoms with Gasteiger partial charge in [-0.15, -0.1) is 0 Å². The Hall–Kier alpha value is -0.980. The van der Waals surface area contributed by atoms with Crippen LogP contribution in [0, 0.1) is 0 Å². The predicted molar refractivity (Wildman–Crippen MR) is 42.4 cm³/mol. The highest BCUT2D eigenvalue weighted by molar-refractivity contribution is 5.31. The van der Waals surface area contributed by atoms with Gasteiger partial charge in [0.25, 0.3) is 0 Å². The van der Waals surface area contributed by atoms with E-state index < -0.39 is 0 Å². The van der Waals surface area contributed by atoms with Crippen LogP contribution in [0.15, 0.2) is 35.3 Å². The normalized spacial score (nSPS) is 21.7. The summed E-state index contributed by atoms with van der Waals surface area (Å²) in [5.74, 6) is 1.91. The van der Waals surface area contributed by atoms with E-state index in [0.29, 0.717) is 0 Å².